The molecule has 0 saturated carbocycles. The van der Waals surface area contributed by atoms with Gasteiger partial charge in [-0.25, -0.2) is 8.42 Å². The van der Waals surface area contributed by atoms with Crippen LogP contribution in [0.15, 0.2) is 64.4 Å². The Balaban J connectivity index is 2.16. The molecule has 27 heavy (non-hydrogen) atoms. The van der Waals surface area contributed by atoms with E-state index in [1.54, 1.807) is 12.1 Å². The van der Waals surface area contributed by atoms with Crippen LogP contribution < -0.4 is 5.32 Å². The van der Waals surface area contributed by atoms with Gasteiger partial charge >= 0.3 is 0 Å². The Morgan fingerprint density at radius 2 is 1.89 bits per heavy atom. The lowest BCUT2D eigenvalue weighted by Gasteiger charge is -2.30. The van der Waals surface area contributed by atoms with Crippen molar-refractivity contribution >= 4 is 15.7 Å². The van der Waals surface area contributed by atoms with Gasteiger partial charge in [0.25, 0.3) is 0 Å². The monoisotopic (exact) mass is 384 g/mol. The van der Waals surface area contributed by atoms with Crippen molar-refractivity contribution in [2.45, 2.75) is 39.7 Å². The number of hydrogen-bond donors (Lipinski definition) is 1. The second-order valence-corrected chi connectivity index (χ2v) is 8.92. The normalized spacial score (nSPS) is 16.2. The zero-order valence-corrected chi connectivity index (χ0v) is 16.6. The molecule has 0 spiro atoms. The summed E-state index contributed by atoms with van der Waals surface area (Å²) in [7, 11) is -3.58. The highest BCUT2D eigenvalue weighted by molar-refractivity contribution is 7.98. The minimum atomic E-state index is -3.58. The van der Waals surface area contributed by atoms with E-state index < -0.39 is 15.3 Å². The lowest BCUT2D eigenvalue weighted by molar-refractivity contribution is -0.128. The van der Waals surface area contributed by atoms with Gasteiger partial charge in [-0.15, -0.1) is 0 Å². The van der Waals surface area contributed by atoms with Gasteiger partial charge in [0, 0.05) is 16.4 Å². The van der Waals surface area contributed by atoms with Crippen LogP contribution in [0.5, 0.6) is 0 Å². The van der Waals surface area contributed by atoms with Crippen LogP contribution in [0.25, 0.3) is 0 Å². The van der Waals surface area contributed by atoms with Crippen LogP contribution >= 0.6 is 0 Å². The van der Waals surface area contributed by atoms with Crippen molar-refractivity contribution in [3.05, 3.63) is 70.0 Å². The Morgan fingerprint density at radius 3 is 2.44 bits per heavy atom. The van der Waals surface area contributed by atoms with Crippen molar-refractivity contribution in [1.29, 1.82) is 5.26 Å². The molecule has 1 N–H and O–H groups in total. The first-order valence-electron chi connectivity index (χ1n) is 8.76. The standard InChI is InChI=1S/C21H24N2O3S/c1-16(17-8-5-4-6-9-17)23-20(24)21(2,3)18-10-12-19(13-11-18)27(25,26)15-7-14-22/h4-10,12,15-16H,11,13H2,1-3H3,(H,23,24). The van der Waals surface area contributed by atoms with E-state index in [-0.39, 0.29) is 16.9 Å². The number of amides is 1. The zero-order valence-electron chi connectivity index (χ0n) is 15.8. The fourth-order valence-electron chi connectivity index (χ4n) is 2.93. The Morgan fingerprint density at radius 1 is 1.22 bits per heavy atom. The third-order valence-corrected chi connectivity index (χ3v) is 6.38. The molecule has 0 aliphatic heterocycles. The number of carbonyl (C=O) groups excluding carboxylic acids is 1. The Bertz CT molecular complexity index is 933. The molecule has 0 fully saturated rings. The quantitative estimate of drug-likeness (QED) is 0.753. The molecule has 2 rings (SSSR count). The summed E-state index contributed by atoms with van der Waals surface area (Å²) in [6.07, 6.45) is 4.99. The van der Waals surface area contributed by atoms with Gasteiger partial charge in [0.1, 0.15) is 0 Å². The van der Waals surface area contributed by atoms with Crippen LogP contribution in [0.2, 0.25) is 0 Å². The van der Waals surface area contributed by atoms with Gasteiger partial charge in [0.05, 0.1) is 17.5 Å². The predicted octanol–water partition coefficient (Wildman–Crippen LogP) is 3.95. The van der Waals surface area contributed by atoms with E-state index in [9.17, 15) is 13.2 Å². The van der Waals surface area contributed by atoms with E-state index in [4.69, 9.17) is 5.26 Å². The lowest BCUT2D eigenvalue weighted by atomic mass is 9.79. The van der Waals surface area contributed by atoms with Gasteiger partial charge in [-0.05, 0) is 45.3 Å². The van der Waals surface area contributed by atoms with Crippen molar-refractivity contribution in [3.8, 4) is 6.07 Å². The van der Waals surface area contributed by atoms with Gasteiger partial charge in [-0.2, -0.15) is 5.26 Å². The van der Waals surface area contributed by atoms with Crippen molar-refractivity contribution in [2.24, 2.45) is 5.41 Å². The maximum Gasteiger partial charge on any atom is 0.230 e. The summed E-state index contributed by atoms with van der Waals surface area (Å²) in [5.41, 5.74) is 1.15. The van der Waals surface area contributed by atoms with Crippen LogP contribution in [-0.2, 0) is 14.6 Å². The topological polar surface area (TPSA) is 87.0 Å². The smallest absolute Gasteiger partial charge is 0.230 e. The van der Waals surface area contributed by atoms with Crippen LogP contribution in [0, 0.1) is 16.7 Å². The number of allylic oxidation sites excluding steroid dienone is 4. The van der Waals surface area contributed by atoms with Crippen LogP contribution in [0.1, 0.15) is 45.2 Å². The molecule has 0 aromatic heterocycles. The molecule has 1 amide bonds. The largest absolute Gasteiger partial charge is 0.349 e. The SMILES string of the molecule is CC(NC(=O)C(C)(C)C1=CC=C(S(=O)(=O)C=CC#N)CC1)c1ccccc1. The van der Waals surface area contributed by atoms with Crippen LogP contribution in [0.3, 0.4) is 0 Å². The van der Waals surface area contributed by atoms with Crippen molar-refractivity contribution in [3.63, 3.8) is 0 Å². The highest BCUT2D eigenvalue weighted by Crippen LogP contribution is 2.36. The first kappa shape index (κ1) is 20.7. The van der Waals surface area contributed by atoms with Crippen LogP contribution in [0.4, 0.5) is 0 Å². The van der Waals surface area contributed by atoms with E-state index in [1.165, 1.54) is 6.08 Å². The maximum absolute atomic E-state index is 12.8. The Hall–Kier alpha value is -2.65. The number of nitrogens with zero attached hydrogens (tertiary/aromatic N) is 1. The van der Waals surface area contributed by atoms with E-state index >= 15 is 0 Å². The summed E-state index contributed by atoms with van der Waals surface area (Å²) in [5, 5.41) is 12.5. The summed E-state index contributed by atoms with van der Waals surface area (Å²) < 4.78 is 24.2. The second-order valence-electron chi connectivity index (χ2n) is 7.03. The zero-order chi connectivity index (χ0) is 20.1. The van der Waals surface area contributed by atoms with E-state index in [0.29, 0.717) is 12.8 Å². The van der Waals surface area contributed by atoms with Crippen molar-refractivity contribution in [1.82, 2.24) is 5.32 Å². The summed E-state index contributed by atoms with van der Waals surface area (Å²) in [5.74, 6) is -0.103. The molecule has 0 radical (unpaired) electrons. The predicted molar refractivity (Wildman–Crippen MR) is 106 cm³/mol. The van der Waals surface area contributed by atoms with Crippen molar-refractivity contribution < 1.29 is 13.2 Å². The minimum Gasteiger partial charge on any atom is -0.349 e. The fourth-order valence-corrected chi connectivity index (χ4v) is 3.99. The average Bonchev–Trinajstić information content (AvgIpc) is 2.67. The highest BCUT2D eigenvalue weighted by Gasteiger charge is 2.34. The summed E-state index contributed by atoms with van der Waals surface area (Å²) in [6, 6.07) is 11.3. The summed E-state index contributed by atoms with van der Waals surface area (Å²) >= 11 is 0. The number of rotatable bonds is 6. The lowest BCUT2D eigenvalue weighted by Crippen LogP contribution is -2.39. The van der Waals surface area contributed by atoms with E-state index in [2.05, 4.69) is 5.32 Å². The van der Waals surface area contributed by atoms with Crippen LogP contribution in [-0.4, -0.2) is 14.3 Å². The maximum atomic E-state index is 12.8. The highest BCUT2D eigenvalue weighted by atomic mass is 32.2. The molecule has 1 aromatic carbocycles. The molecule has 1 aromatic rings. The molecule has 1 aliphatic rings. The van der Waals surface area contributed by atoms with Gasteiger partial charge in [-0.3, -0.25) is 4.79 Å². The van der Waals surface area contributed by atoms with Gasteiger partial charge in [0.2, 0.25) is 5.91 Å². The molecule has 0 bridgehead atoms. The van der Waals surface area contributed by atoms with Gasteiger partial charge in [-0.1, -0.05) is 42.0 Å². The first-order chi connectivity index (χ1) is 12.7. The molecular formula is C21H24N2O3S. The summed E-state index contributed by atoms with van der Waals surface area (Å²) in [6.45, 7) is 5.62. The molecule has 1 unspecified atom stereocenters. The Labute approximate surface area is 161 Å². The molecule has 6 heteroatoms. The number of sulfone groups is 1. The van der Waals surface area contributed by atoms with E-state index in [0.717, 1.165) is 22.6 Å². The minimum absolute atomic E-state index is 0.103. The second kappa shape index (κ2) is 8.36. The molecule has 142 valence electrons. The number of carbonyl (C=O) groups is 1. The van der Waals surface area contributed by atoms with Gasteiger partial charge < -0.3 is 5.32 Å². The third kappa shape index (κ3) is 4.95. The number of hydrogen-bond acceptors (Lipinski definition) is 4. The molecule has 1 aliphatic carbocycles. The third-order valence-electron chi connectivity index (χ3n) is 4.82. The Kier molecular flexibility index (Phi) is 6.40. The van der Waals surface area contributed by atoms with Gasteiger partial charge in [0.15, 0.2) is 9.84 Å². The molecule has 1 atom stereocenters. The first-order valence-corrected chi connectivity index (χ1v) is 10.3. The molecule has 0 heterocycles. The summed E-state index contributed by atoms with van der Waals surface area (Å²) in [4.78, 5) is 13.1. The number of benzene rings is 1. The fraction of sp³-hybridized carbons (Fsp3) is 0.333. The molecule has 5 nitrogen and oxygen atoms in total. The molecule has 0 saturated heterocycles. The average molecular weight is 385 g/mol. The number of nitriles is 1. The number of nitrogens with one attached hydrogen (secondary N) is 1. The van der Waals surface area contributed by atoms with E-state index in [1.807, 2.05) is 51.1 Å². The molecular weight excluding hydrogens is 360 g/mol. The van der Waals surface area contributed by atoms with Crippen molar-refractivity contribution in [2.75, 3.05) is 0 Å².